The second kappa shape index (κ2) is 8.88. The quantitative estimate of drug-likeness (QED) is 0.495. The number of hydrogen-bond acceptors (Lipinski definition) is 4. The van der Waals surface area contributed by atoms with Gasteiger partial charge in [-0.2, -0.15) is 0 Å². The number of phenols is 1. The summed E-state index contributed by atoms with van der Waals surface area (Å²) >= 11 is 6.72. The van der Waals surface area contributed by atoms with Gasteiger partial charge in [-0.15, -0.1) is 0 Å². The third-order valence-electron chi connectivity index (χ3n) is 4.05. The van der Waals surface area contributed by atoms with Gasteiger partial charge in [0.15, 0.2) is 0 Å². The molecule has 2 aromatic carbocycles. The molecule has 0 bridgehead atoms. The van der Waals surface area contributed by atoms with Gasteiger partial charge in [0.25, 0.3) is 0 Å². The Morgan fingerprint density at radius 3 is 2.38 bits per heavy atom. The van der Waals surface area contributed by atoms with Crippen LogP contribution in [0.4, 0.5) is 10.5 Å². The van der Waals surface area contributed by atoms with E-state index < -0.39 is 17.6 Å². The molecular formula is C19H21Br2NO4. The Morgan fingerprint density at radius 1 is 1.15 bits per heavy atom. The van der Waals surface area contributed by atoms with Crippen LogP contribution in [0.25, 0.3) is 0 Å². The second-order valence-corrected chi connectivity index (χ2v) is 8.41. The monoisotopic (exact) mass is 485 g/mol. The van der Waals surface area contributed by atoms with Crippen molar-refractivity contribution < 1.29 is 19.7 Å². The zero-order chi connectivity index (χ0) is 19.3. The van der Waals surface area contributed by atoms with Crippen LogP contribution in [0.15, 0.2) is 51.4 Å². The number of nitrogens with one attached hydrogen (secondary N) is 1. The van der Waals surface area contributed by atoms with Gasteiger partial charge in [-0.1, -0.05) is 45.7 Å². The summed E-state index contributed by atoms with van der Waals surface area (Å²) in [6.07, 6.45) is -0.986. The number of halogens is 2. The first-order chi connectivity index (χ1) is 12.2. The summed E-state index contributed by atoms with van der Waals surface area (Å²) < 4.78 is 7.33. The summed E-state index contributed by atoms with van der Waals surface area (Å²) in [6.45, 7) is 3.69. The molecule has 0 saturated heterocycles. The van der Waals surface area contributed by atoms with E-state index in [4.69, 9.17) is 4.74 Å². The highest BCUT2D eigenvalue weighted by Crippen LogP contribution is 2.43. The molecule has 140 valence electrons. The molecule has 0 aromatic heterocycles. The highest BCUT2D eigenvalue weighted by molar-refractivity contribution is 9.10. The summed E-state index contributed by atoms with van der Waals surface area (Å²) in [6, 6.07) is 12.1. The predicted octanol–water partition coefficient (Wildman–Crippen LogP) is 5.62. The predicted molar refractivity (Wildman–Crippen MR) is 108 cm³/mol. The van der Waals surface area contributed by atoms with Gasteiger partial charge in [0.05, 0.1) is 0 Å². The fourth-order valence-corrected chi connectivity index (χ4v) is 3.23. The standard InChI is InChI=1S/C19H21Br2NO4/c1-19(2,9-10-23)17(15-11-13(21)5-8-16(15)24)26-18(25)22-14-6-3-12(20)4-7-14/h3-8,11,17,23-24H,9-10H2,1-2H3,(H,22,25)/t17-/m0/s1. The minimum Gasteiger partial charge on any atom is -0.508 e. The Bertz CT molecular complexity index is 763. The smallest absolute Gasteiger partial charge is 0.412 e. The van der Waals surface area contributed by atoms with Crippen LogP contribution in [0, 0.1) is 5.41 Å². The molecule has 0 saturated carbocycles. The molecular weight excluding hydrogens is 466 g/mol. The molecule has 1 amide bonds. The van der Waals surface area contributed by atoms with Crippen molar-refractivity contribution in [3.8, 4) is 5.75 Å². The van der Waals surface area contributed by atoms with Gasteiger partial charge >= 0.3 is 6.09 Å². The number of aromatic hydroxyl groups is 1. The lowest BCUT2D eigenvalue weighted by molar-refractivity contribution is 0.0138. The molecule has 0 unspecified atom stereocenters. The lowest BCUT2D eigenvalue weighted by Gasteiger charge is -2.34. The number of rotatable bonds is 6. The molecule has 0 aliphatic carbocycles. The lowest BCUT2D eigenvalue weighted by Crippen LogP contribution is -2.30. The van der Waals surface area contributed by atoms with E-state index in [2.05, 4.69) is 37.2 Å². The zero-order valence-electron chi connectivity index (χ0n) is 14.5. The third kappa shape index (κ3) is 5.46. The average Bonchev–Trinajstić information content (AvgIpc) is 2.57. The van der Waals surface area contributed by atoms with Crippen LogP contribution in [-0.2, 0) is 4.74 Å². The highest BCUT2D eigenvalue weighted by atomic mass is 79.9. The van der Waals surface area contributed by atoms with E-state index in [1.807, 2.05) is 26.0 Å². The molecule has 7 heteroatoms. The number of aliphatic hydroxyl groups is 1. The molecule has 0 spiro atoms. The van der Waals surface area contributed by atoms with E-state index in [0.717, 1.165) is 8.95 Å². The van der Waals surface area contributed by atoms with Crippen LogP contribution < -0.4 is 5.32 Å². The highest BCUT2D eigenvalue weighted by Gasteiger charge is 2.35. The summed E-state index contributed by atoms with van der Waals surface area (Å²) in [5.41, 5.74) is 0.475. The fraction of sp³-hybridized carbons (Fsp3) is 0.316. The number of anilines is 1. The fourth-order valence-electron chi connectivity index (χ4n) is 2.59. The summed E-state index contributed by atoms with van der Waals surface area (Å²) in [7, 11) is 0. The zero-order valence-corrected chi connectivity index (χ0v) is 17.7. The van der Waals surface area contributed by atoms with Crippen molar-refractivity contribution >= 4 is 43.6 Å². The topological polar surface area (TPSA) is 78.8 Å². The molecule has 26 heavy (non-hydrogen) atoms. The van der Waals surface area contributed by atoms with Crippen molar-refractivity contribution in [3.63, 3.8) is 0 Å². The first-order valence-electron chi connectivity index (χ1n) is 8.05. The van der Waals surface area contributed by atoms with Crippen LogP contribution in [0.5, 0.6) is 5.75 Å². The number of aliphatic hydroxyl groups excluding tert-OH is 1. The molecule has 0 fully saturated rings. The van der Waals surface area contributed by atoms with Crippen molar-refractivity contribution in [2.75, 3.05) is 11.9 Å². The van der Waals surface area contributed by atoms with Gasteiger partial charge in [-0.25, -0.2) is 4.79 Å². The maximum atomic E-state index is 12.4. The van der Waals surface area contributed by atoms with E-state index in [-0.39, 0.29) is 12.4 Å². The first kappa shape index (κ1) is 20.7. The summed E-state index contributed by atoms with van der Waals surface area (Å²) in [5.74, 6) is 0.0284. The van der Waals surface area contributed by atoms with Crippen molar-refractivity contribution in [2.45, 2.75) is 26.4 Å². The van der Waals surface area contributed by atoms with E-state index in [0.29, 0.717) is 17.7 Å². The molecule has 3 N–H and O–H groups in total. The molecule has 0 aliphatic heterocycles. The van der Waals surface area contributed by atoms with Crippen LogP contribution in [-0.4, -0.2) is 22.9 Å². The van der Waals surface area contributed by atoms with Gasteiger partial charge in [0.1, 0.15) is 11.9 Å². The second-order valence-electron chi connectivity index (χ2n) is 6.58. The van der Waals surface area contributed by atoms with E-state index in [1.165, 1.54) is 6.07 Å². The van der Waals surface area contributed by atoms with Crippen LogP contribution in [0.1, 0.15) is 31.9 Å². The molecule has 0 heterocycles. The Kier molecular flexibility index (Phi) is 7.08. The van der Waals surface area contributed by atoms with Gasteiger partial charge in [-0.05, 0) is 48.9 Å². The Hall–Kier alpha value is -1.57. The number of phenolic OH excluding ortho intramolecular Hbond substituents is 1. The summed E-state index contributed by atoms with van der Waals surface area (Å²) in [5, 5.41) is 22.3. The van der Waals surface area contributed by atoms with Gasteiger partial charge in [-0.3, -0.25) is 5.32 Å². The van der Waals surface area contributed by atoms with Crippen molar-refractivity contribution in [3.05, 3.63) is 57.0 Å². The van der Waals surface area contributed by atoms with Crippen molar-refractivity contribution in [1.82, 2.24) is 0 Å². The maximum absolute atomic E-state index is 12.4. The number of ether oxygens (including phenoxy) is 1. The SMILES string of the molecule is CC(C)(CCO)[C@@H](OC(=O)Nc1ccc(Br)cc1)c1cc(Br)ccc1O. The first-order valence-corrected chi connectivity index (χ1v) is 9.64. The largest absolute Gasteiger partial charge is 0.508 e. The van der Waals surface area contributed by atoms with Crippen LogP contribution in [0.2, 0.25) is 0 Å². The van der Waals surface area contributed by atoms with Gasteiger partial charge in [0, 0.05) is 32.2 Å². The molecule has 2 rings (SSSR count). The number of amides is 1. The number of benzene rings is 2. The molecule has 0 radical (unpaired) electrons. The minimum absolute atomic E-state index is 0.0284. The number of carbonyl (C=O) groups is 1. The maximum Gasteiger partial charge on any atom is 0.412 e. The lowest BCUT2D eigenvalue weighted by atomic mass is 9.79. The van der Waals surface area contributed by atoms with Crippen molar-refractivity contribution in [1.29, 1.82) is 0 Å². The van der Waals surface area contributed by atoms with Gasteiger partial charge < -0.3 is 14.9 Å². The molecule has 0 aliphatic rings. The van der Waals surface area contributed by atoms with Crippen LogP contribution >= 0.6 is 31.9 Å². The van der Waals surface area contributed by atoms with E-state index >= 15 is 0 Å². The Morgan fingerprint density at radius 2 is 1.77 bits per heavy atom. The molecule has 1 atom stereocenters. The van der Waals surface area contributed by atoms with Gasteiger partial charge in [0.2, 0.25) is 0 Å². The van der Waals surface area contributed by atoms with E-state index in [9.17, 15) is 15.0 Å². The summed E-state index contributed by atoms with van der Waals surface area (Å²) in [4.78, 5) is 12.4. The minimum atomic E-state index is -0.748. The molecule has 5 nitrogen and oxygen atoms in total. The van der Waals surface area contributed by atoms with E-state index in [1.54, 1.807) is 24.3 Å². The normalized spacial score (nSPS) is 12.5. The number of hydrogen-bond donors (Lipinski definition) is 3. The Labute approximate surface area is 169 Å². The van der Waals surface area contributed by atoms with Crippen molar-refractivity contribution in [2.24, 2.45) is 5.41 Å². The third-order valence-corrected chi connectivity index (χ3v) is 5.08. The average molecular weight is 487 g/mol. The number of carbonyl (C=O) groups excluding carboxylic acids is 1. The Balaban J connectivity index is 2.27. The molecule has 2 aromatic rings. The van der Waals surface area contributed by atoms with Crippen LogP contribution in [0.3, 0.4) is 0 Å².